The second-order valence-electron chi connectivity index (χ2n) is 5.33. The van der Waals surface area contributed by atoms with Gasteiger partial charge in [-0.15, -0.1) is 0 Å². The van der Waals surface area contributed by atoms with Gasteiger partial charge in [-0.1, -0.05) is 42.5 Å². The Morgan fingerprint density at radius 2 is 1.83 bits per heavy atom. The molecular weight excluding hydrogens is 302 g/mol. The van der Waals surface area contributed by atoms with E-state index in [1.54, 1.807) is 12.1 Å². The zero-order valence-corrected chi connectivity index (χ0v) is 14.0. The standard InChI is InChI=1S/C19H25N3O2/c1-2-20-19(22-14-17-9-6-10-18(23)13-17)21-11-12-24-15-16-7-4-3-5-8-16/h3-10,13,23H,2,11-12,14-15H2,1H3,(H2,20,21,22). The molecule has 24 heavy (non-hydrogen) atoms. The molecule has 128 valence electrons. The number of ether oxygens (including phenoxy) is 1. The van der Waals surface area contributed by atoms with E-state index in [1.807, 2.05) is 49.4 Å². The molecule has 5 nitrogen and oxygen atoms in total. The normalized spacial score (nSPS) is 11.3. The molecule has 0 unspecified atom stereocenters. The SMILES string of the molecule is CCNC(=NCc1cccc(O)c1)NCCOCc1ccccc1. The van der Waals surface area contributed by atoms with Crippen LogP contribution in [0, 0.1) is 0 Å². The molecule has 0 saturated carbocycles. The number of benzene rings is 2. The highest BCUT2D eigenvalue weighted by atomic mass is 16.5. The summed E-state index contributed by atoms with van der Waals surface area (Å²) in [6, 6.07) is 17.2. The van der Waals surface area contributed by atoms with Gasteiger partial charge in [-0.25, -0.2) is 4.99 Å². The maximum atomic E-state index is 9.48. The summed E-state index contributed by atoms with van der Waals surface area (Å²) in [6.07, 6.45) is 0. The minimum atomic E-state index is 0.259. The lowest BCUT2D eigenvalue weighted by molar-refractivity contribution is 0.125. The van der Waals surface area contributed by atoms with Crippen LogP contribution in [0.4, 0.5) is 0 Å². The Morgan fingerprint density at radius 1 is 1.04 bits per heavy atom. The van der Waals surface area contributed by atoms with Crippen molar-refractivity contribution in [2.45, 2.75) is 20.1 Å². The first-order valence-corrected chi connectivity index (χ1v) is 8.19. The van der Waals surface area contributed by atoms with Crippen LogP contribution in [0.3, 0.4) is 0 Å². The van der Waals surface area contributed by atoms with Gasteiger partial charge in [-0.05, 0) is 30.2 Å². The maximum absolute atomic E-state index is 9.48. The van der Waals surface area contributed by atoms with E-state index < -0.39 is 0 Å². The smallest absolute Gasteiger partial charge is 0.191 e. The van der Waals surface area contributed by atoms with Gasteiger partial charge in [0.25, 0.3) is 0 Å². The second kappa shape index (κ2) is 10.3. The Morgan fingerprint density at radius 3 is 2.58 bits per heavy atom. The fourth-order valence-corrected chi connectivity index (χ4v) is 2.17. The van der Waals surface area contributed by atoms with E-state index in [4.69, 9.17) is 4.74 Å². The minimum Gasteiger partial charge on any atom is -0.508 e. The molecule has 0 bridgehead atoms. The zero-order valence-electron chi connectivity index (χ0n) is 14.0. The molecule has 0 saturated heterocycles. The summed E-state index contributed by atoms with van der Waals surface area (Å²) >= 11 is 0. The van der Waals surface area contributed by atoms with E-state index in [0.717, 1.165) is 18.1 Å². The first kappa shape index (κ1) is 17.8. The summed E-state index contributed by atoms with van der Waals surface area (Å²) in [5.74, 6) is 0.999. The number of aromatic hydroxyl groups is 1. The lowest BCUT2D eigenvalue weighted by Crippen LogP contribution is -2.38. The molecule has 0 spiro atoms. The predicted octanol–water partition coefficient (Wildman–Crippen LogP) is 2.66. The van der Waals surface area contributed by atoms with Crippen LogP contribution in [-0.4, -0.2) is 30.8 Å². The summed E-state index contributed by atoms with van der Waals surface area (Å²) in [7, 11) is 0. The Balaban J connectivity index is 1.73. The van der Waals surface area contributed by atoms with Crippen LogP contribution in [0.2, 0.25) is 0 Å². The maximum Gasteiger partial charge on any atom is 0.191 e. The molecule has 0 atom stereocenters. The van der Waals surface area contributed by atoms with Crippen LogP contribution in [0.1, 0.15) is 18.1 Å². The molecule has 0 fully saturated rings. The topological polar surface area (TPSA) is 65.9 Å². The number of hydrogen-bond donors (Lipinski definition) is 3. The lowest BCUT2D eigenvalue weighted by atomic mass is 10.2. The van der Waals surface area contributed by atoms with Gasteiger partial charge in [0.1, 0.15) is 5.75 Å². The molecule has 0 aliphatic heterocycles. The number of aliphatic imine (C=N–C) groups is 1. The molecule has 3 N–H and O–H groups in total. The molecule has 0 aliphatic rings. The van der Waals surface area contributed by atoms with Gasteiger partial charge in [-0.3, -0.25) is 0 Å². The molecule has 2 aromatic rings. The van der Waals surface area contributed by atoms with Crippen molar-refractivity contribution >= 4 is 5.96 Å². The first-order chi connectivity index (χ1) is 11.8. The lowest BCUT2D eigenvalue weighted by Gasteiger charge is -2.11. The third-order valence-corrected chi connectivity index (χ3v) is 3.32. The number of nitrogens with one attached hydrogen (secondary N) is 2. The number of guanidine groups is 1. The van der Waals surface area contributed by atoms with Crippen molar-refractivity contribution in [3.8, 4) is 5.75 Å². The highest BCUT2D eigenvalue weighted by molar-refractivity contribution is 5.79. The highest BCUT2D eigenvalue weighted by Crippen LogP contribution is 2.11. The van der Waals surface area contributed by atoms with Crippen LogP contribution >= 0.6 is 0 Å². The van der Waals surface area contributed by atoms with E-state index in [2.05, 4.69) is 15.6 Å². The van der Waals surface area contributed by atoms with E-state index >= 15 is 0 Å². The van der Waals surface area contributed by atoms with Gasteiger partial charge < -0.3 is 20.5 Å². The van der Waals surface area contributed by atoms with E-state index in [0.29, 0.717) is 26.3 Å². The summed E-state index contributed by atoms with van der Waals surface area (Å²) in [5, 5.41) is 15.9. The van der Waals surface area contributed by atoms with Crippen LogP contribution < -0.4 is 10.6 Å². The van der Waals surface area contributed by atoms with Crippen LogP contribution in [0.15, 0.2) is 59.6 Å². The molecule has 5 heteroatoms. The molecule has 0 amide bonds. The van der Waals surface area contributed by atoms with Gasteiger partial charge in [0.2, 0.25) is 0 Å². The van der Waals surface area contributed by atoms with Crippen molar-refractivity contribution in [3.63, 3.8) is 0 Å². The van der Waals surface area contributed by atoms with Crippen molar-refractivity contribution in [1.82, 2.24) is 10.6 Å². The number of nitrogens with zero attached hydrogens (tertiary/aromatic N) is 1. The first-order valence-electron chi connectivity index (χ1n) is 8.19. The van der Waals surface area contributed by atoms with Gasteiger partial charge in [0.05, 0.1) is 19.8 Å². The fourth-order valence-electron chi connectivity index (χ4n) is 2.17. The minimum absolute atomic E-state index is 0.259. The number of phenolic OH excluding ortho intramolecular Hbond substituents is 1. The highest BCUT2D eigenvalue weighted by Gasteiger charge is 1.99. The Labute approximate surface area is 143 Å². The summed E-state index contributed by atoms with van der Waals surface area (Å²) in [6.45, 7) is 5.21. The molecule has 2 aromatic carbocycles. The molecule has 2 rings (SSSR count). The van der Waals surface area contributed by atoms with Crippen molar-refractivity contribution in [2.75, 3.05) is 19.7 Å². The van der Waals surface area contributed by atoms with Gasteiger partial charge >= 0.3 is 0 Å². The van der Waals surface area contributed by atoms with E-state index in [1.165, 1.54) is 5.56 Å². The molecule has 0 aromatic heterocycles. The van der Waals surface area contributed by atoms with Crippen LogP contribution in [-0.2, 0) is 17.9 Å². The van der Waals surface area contributed by atoms with E-state index in [-0.39, 0.29) is 5.75 Å². The average Bonchev–Trinajstić information content (AvgIpc) is 2.60. The fraction of sp³-hybridized carbons (Fsp3) is 0.316. The largest absolute Gasteiger partial charge is 0.508 e. The van der Waals surface area contributed by atoms with Crippen molar-refractivity contribution in [1.29, 1.82) is 0 Å². The van der Waals surface area contributed by atoms with Gasteiger partial charge in [0, 0.05) is 13.1 Å². The number of hydrogen-bond acceptors (Lipinski definition) is 3. The molecule has 0 heterocycles. The summed E-state index contributed by atoms with van der Waals surface area (Å²) in [5.41, 5.74) is 2.13. The Kier molecular flexibility index (Phi) is 7.63. The van der Waals surface area contributed by atoms with Gasteiger partial charge in [-0.2, -0.15) is 0 Å². The monoisotopic (exact) mass is 327 g/mol. The second-order valence-corrected chi connectivity index (χ2v) is 5.33. The van der Waals surface area contributed by atoms with Crippen molar-refractivity contribution in [2.24, 2.45) is 4.99 Å². The van der Waals surface area contributed by atoms with Crippen LogP contribution in [0.5, 0.6) is 5.75 Å². The average molecular weight is 327 g/mol. The number of phenols is 1. The quantitative estimate of drug-likeness (QED) is 0.396. The number of rotatable bonds is 8. The van der Waals surface area contributed by atoms with Crippen molar-refractivity contribution in [3.05, 3.63) is 65.7 Å². The van der Waals surface area contributed by atoms with Crippen molar-refractivity contribution < 1.29 is 9.84 Å². The van der Waals surface area contributed by atoms with E-state index in [9.17, 15) is 5.11 Å². The molecule has 0 aliphatic carbocycles. The molecule has 0 radical (unpaired) electrons. The predicted molar refractivity (Wildman–Crippen MR) is 97.0 cm³/mol. The zero-order chi connectivity index (χ0) is 17.0. The third kappa shape index (κ3) is 6.71. The summed E-state index contributed by atoms with van der Waals surface area (Å²) in [4.78, 5) is 4.51. The summed E-state index contributed by atoms with van der Waals surface area (Å²) < 4.78 is 5.65. The molecular formula is C19H25N3O2. The third-order valence-electron chi connectivity index (χ3n) is 3.32. The Hall–Kier alpha value is -2.53. The Bertz CT molecular complexity index is 630. The van der Waals surface area contributed by atoms with Crippen LogP contribution in [0.25, 0.3) is 0 Å². The van der Waals surface area contributed by atoms with Gasteiger partial charge in [0.15, 0.2) is 5.96 Å².